The molecule has 2 rings (SSSR count). The first-order chi connectivity index (χ1) is 14.3. The first-order valence-corrected chi connectivity index (χ1v) is 8.87. The smallest absolute Gasteiger partial charge is 0.370 e. The second kappa shape index (κ2) is 9.78. The third kappa shape index (κ3) is 7.33. The van der Waals surface area contributed by atoms with Gasteiger partial charge in [0.25, 0.3) is 5.91 Å². The first-order valence-electron chi connectivity index (χ1n) is 8.87. The summed E-state index contributed by atoms with van der Waals surface area (Å²) < 4.78 is 95.6. The van der Waals surface area contributed by atoms with E-state index in [0.29, 0.717) is 0 Å². The van der Waals surface area contributed by atoms with Gasteiger partial charge >= 0.3 is 12.4 Å². The number of morpholine rings is 1. The van der Waals surface area contributed by atoms with Crippen LogP contribution in [0.25, 0.3) is 0 Å². The third-order valence-electron chi connectivity index (χ3n) is 4.22. The number of alkyl halides is 6. The van der Waals surface area contributed by atoms with Gasteiger partial charge in [-0.2, -0.15) is 26.3 Å². The van der Waals surface area contributed by atoms with Crippen LogP contribution in [0, 0.1) is 5.82 Å². The molecule has 174 valence electrons. The molecule has 0 unspecified atom stereocenters. The molecule has 3 N–H and O–H groups in total. The summed E-state index contributed by atoms with van der Waals surface area (Å²) >= 11 is 0. The highest BCUT2D eigenvalue weighted by Crippen LogP contribution is 2.26. The van der Waals surface area contributed by atoms with E-state index in [4.69, 9.17) is 10.5 Å². The van der Waals surface area contributed by atoms with Crippen molar-refractivity contribution in [2.75, 3.05) is 49.6 Å². The van der Waals surface area contributed by atoms with Crippen LogP contribution in [-0.4, -0.2) is 74.5 Å². The van der Waals surface area contributed by atoms with E-state index < -0.39 is 55.7 Å². The van der Waals surface area contributed by atoms with Gasteiger partial charge in [-0.25, -0.2) is 4.39 Å². The zero-order valence-corrected chi connectivity index (χ0v) is 15.9. The quantitative estimate of drug-likeness (QED) is 0.607. The third-order valence-corrected chi connectivity index (χ3v) is 4.22. The number of carbonyl (C=O) groups excluding carboxylic acids is 2. The average molecular weight is 460 g/mol. The van der Waals surface area contributed by atoms with Crippen LogP contribution >= 0.6 is 0 Å². The molecule has 1 aliphatic heterocycles. The Balaban J connectivity index is 2.18. The molecule has 0 saturated carbocycles. The number of benzene rings is 1. The molecular weight excluding hydrogens is 441 g/mol. The van der Waals surface area contributed by atoms with Crippen LogP contribution in [0.1, 0.15) is 0 Å². The van der Waals surface area contributed by atoms with E-state index in [-0.39, 0.29) is 36.0 Å². The summed E-state index contributed by atoms with van der Waals surface area (Å²) in [6.07, 6.45) is -10.0. The second-order valence-electron chi connectivity index (χ2n) is 6.64. The van der Waals surface area contributed by atoms with Gasteiger partial charge in [0, 0.05) is 18.8 Å². The summed E-state index contributed by atoms with van der Waals surface area (Å²) in [6.45, 7) is -4.87. The molecule has 0 aromatic heterocycles. The van der Waals surface area contributed by atoms with Crippen molar-refractivity contribution in [1.29, 1.82) is 0 Å². The van der Waals surface area contributed by atoms with Gasteiger partial charge in [0.05, 0.1) is 25.4 Å². The molecule has 0 aliphatic carbocycles. The number of nitrogens with zero attached hydrogens (tertiary/aromatic N) is 2. The first kappa shape index (κ1) is 24.8. The number of hydrogen-bond donors (Lipinski definition) is 2. The molecule has 31 heavy (non-hydrogen) atoms. The highest BCUT2D eigenvalue weighted by Gasteiger charge is 2.42. The summed E-state index contributed by atoms with van der Waals surface area (Å²) in [5.74, 6) is -2.70. The molecule has 1 aliphatic rings. The fourth-order valence-corrected chi connectivity index (χ4v) is 2.96. The molecule has 0 bridgehead atoms. The van der Waals surface area contributed by atoms with Crippen molar-refractivity contribution in [3.63, 3.8) is 0 Å². The van der Waals surface area contributed by atoms with Crippen molar-refractivity contribution in [2.24, 2.45) is 5.73 Å². The van der Waals surface area contributed by atoms with Gasteiger partial charge in [-0.1, -0.05) is 0 Å². The van der Waals surface area contributed by atoms with Gasteiger partial charge in [0.15, 0.2) is 0 Å². The lowest BCUT2D eigenvalue weighted by atomic mass is 10.2. The lowest BCUT2D eigenvalue weighted by molar-refractivity contribution is -0.186. The fourth-order valence-electron chi connectivity index (χ4n) is 2.96. The second-order valence-corrected chi connectivity index (χ2v) is 6.64. The van der Waals surface area contributed by atoms with E-state index in [2.05, 4.69) is 5.32 Å². The number of rotatable bonds is 7. The molecule has 0 radical (unpaired) electrons. The van der Waals surface area contributed by atoms with Gasteiger partial charge in [0.2, 0.25) is 5.91 Å². The van der Waals surface area contributed by atoms with Crippen LogP contribution in [0.5, 0.6) is 0 Å². The number of amides is 2. The predicted molar refractivity (Wildman–Crippen MR) is 94.7 cm³/mol. The summed E-state index contributed by atoms with van der Waals surface area (Å²) in [5, 5.41) is 2.06. The normalized spacial score (nSPS) is 16.5. The van der Waals surface area contributed by atoms with E-state index in [1.807, 2.05) is 0 Å². The lowest BCUT2D eigenvalue weighted by Gasteiger charge is -2.31. The van der Waals surface area contributed by atoms with Crippen molar-refractivity contribution < 1.29 is 45.1 Å². The van der Waals surface area contributed by atoms with Crippen molar-refractivity contribution in [3.05, 3.63) is 24.0 Å². The minimum atomic E-state index is -5.02. The Bertz CT molecular complexity index is 785. The highest BCUT2D eigenvalue weighted by molar-refractivity contribution is 5.97. The van der Waals surface area contributed by atoms with Crippen LogP contribution < -0.4 is 16.0 Å². The van der Waals surface area contributed by atoms with Gasteiger partial charge in [0.1, 0.15) is 18.5 Å². The maximum absolute atomic E-state index is 14.4. The summed E-state index contributed by atoms with van der Waals surface area (Å²) in [6, 6.07) is 1.12. The molecule has 1 atom stereocenters. The number of hydrogen-bond acceptors (Lipinski definition) is 5. The summed E-state index contributed by atoms with van der Waals surface area (Å²) in [4.78, 5) is 25.1. The van der Waals surface area contributed by atoms with E-state index in [0.717, 1.165) is 23.1 Å². The van der Waals surface area contributed by atoms with Crippen molar-refractivity contribution in [2.45, 2.75) is 18.4 Å². The van der Waals surface area contributed by atoms with E-state index in [1.165, 1.54) is 0 Å². The van der Waals surface area contributed by atoms with Crippen LogP contribution in [-0.2, 0) is 14.3 Å². The molecular formula is C17H19F7N4O3. The van der Waals surface area contributed by atoms with Crippen LogP contribution in [0.15, 0.2) is 18.2 Å². The molecule has 2 amide bonds. The van der Waals surface area contributed by atoms with E-state index >= 15 is 0 Å². The van der Waals surface area contributed by atoms with Gasteiger partial charge < -0.3 is 20.7 Å². The van der Waals surface area contributed by atoms with Gasteiger partial charge in [-0.15, -0.1) is 0 Å². The SMILES string of the molecule is NC[C@@H](C(=O)Nc1ccc(N2CCOCC2=O)c(F)c1)N(CC(F)(F)F)CC(F)(F)F. The largest absolute Gasteiger partial charge is 0.401 e. The van der Waals surface area contributed by atoms with Crippen molar-refractivity contribution in [3.8, 4) is 0 Å². The van der Waals surface area contributed by atoms with Crippen LogP contribution in [0.4, 0.5) is 42.1 Å². The molecule has 1 aromatic rings. The maximum Gasteiger partial charge on any atom is 0.401 e. The number of nitrogens with two attached hydrogens (primary N) is 1. The minimum absolute atomic E-state index is 0.0839. The molecule has 7 nitrogen and oxygen atoms in total. The number of ether oxygens (including phenoxy) is 1. The Morgan fingerprint density at radius 1 is 1.19 bits per heavy atom. The Hall–Kier alpha value is -2.45. The number of halogens is 7. The number of anilines is 2. The topological polar surface area (TPSA) is 87.9 Å². The molecule has 14 heteroatoms. The zero-order valence-electron chi connectivity index (χ0n) is 15.9. The Morgan fingerprint density at radius 3 is 2.29 bits per heavy atom. The highest BCUT2D eigenvalue weighted by atomic mass is 19.4. The summed E-state index contributed by atoms with van der Waals surface area (Å²) in [5.41, 5.74) is 4.92. The van der Waals surface area contributed by atoms with E-state index in [1.54, 1.807) is 0 Å². The Labute approximate surface area is 171 Å². The van der Waals surface area contributed by atoms with Crippen molar-refractivity contribution in [1.82, 2.24) is 4.90 Å². The standard InChI is InChI=1S/C17H19F7N4O3/c18-11-5-10(1-2-12(11)28-3-4-31-7-14(28)29)26-15(30)13(6-25)27(8-16(19,20)21)9-17(22,23)24/h1-2,5,13H,3-4,6-9,25H2,(H,26,30)/t13-/m0/s1. The molecule has 1 heterocycles. The van der Waals surface area contributed by atoms with Gasteiger partial charge in [-0.3, -0.25) is 14.5 Å². The average Bonchev–Trinajstić information content (AvgIpc) is 2.60. The lowest BCUT2D eigenvalue weighted by Crippen LogP contribution is -2.54. The monoisotopic (exact) mass is 460 g/mol. The molecule has 1 aromatic carbocycles. The molecule has 0 spiro atoms. The number of carbonyl (C=O) groups is 2. The maximum atomic E-state index is 14.4. The molecule has 1 fully saturated rings. The van der Waals surface area contributed by atoms with E-state index in [9.17, 15) is 40.3 Å². The predicted octanol–water partition coefficient (Wildman–Crippen LogP) is 1.88. The van der Waals surface area contributed by atoms with Crippen molar-refractivity contribution >= 4 is 23.2 Å². The van der Waals surface area contributed by atoms with Gasteiger partial charge in [-0.05, 0) is 18.2 Å². The Morgan fingerprint density at radius 2 is 1.81 bits per heavy atom. The zero-order chi connectivity index (χ0) is 23.4. The fraction of sp³-hybridized carbons (Fsp3) is 0.529. The van der Waals surface area contributed by atoms with Crippen LogP contribution in [0.2, 0.25) is 0 Å². The van der Waals surface area contributed by atoms with Crippen LogP contribution in [0.3, 0.4) is 0 Å². The Kier molecular flexibility index (Phi) is 7.83. The minimum Gasteiger partial charge on any atom is -0.370 e. The number of nitrogens with one attached hydrogen (secondary N) is 1. The summed E-state index contributed by atoms with van der Waals surface area (Å²) in [7, 11) is 0. The molecule has 1 saturated heterocycles.